The zero-order valence-electron chi connectivity index (χ0n) is 12.2. The fraction of sp³-hybridized carbons (Fsp3) is 0.500. The minimum Gasteiger partial charge on any atom is -0.383 e. The smallest absolute Gasteiger partial charge is 0.143 e. The molecule has 0 saturated heterocycles. The van der Waals surface area contributed by atoms with Crippen LogP contribution in [0.4, 0.5) is 5.82 Å². The van der Waals surface area contributed by atoms with Gasteiger partial charge in [0.25, 0.3) is 0 Å². The fourth-order valence-corrected chi connectivity index (χ4v) is 1.99. The maximum absolute atomic E-state index is 5.18. The van der Waals surface area contributed by atoms with E-state index in [4.69, 9.17) is 4.74 Å². The first-order chi connectivity index (χ1) is 9.70. The molecular formula is C14H21N5O. The molecule has 0 aliphatic heterocycles. The van der Waals surface area contributed by atoms with Gasteiger partial charge in [-0.15, -0.1) is 0 Å². The number of hydrogen-bond donors (Lipinski definition) is 0. The first-order valence-corrected chi connectivity index (χ1v) is 6.75. The van der Waals surface area contributed by atoms with Crippen LogP contribution in [0.1, 0.15) is 13.8 Å². The standard InChI is InChI=1S/C14H21N5O/c1-12(2)9-18(6-7-20-3)13-8-14(17-10-16-13)19-5-4-15-11-19/h4-5,8,10-12H,6-7,9H2,1-3H3. The van der Waals surface area contributed by atoms with Gasteiger partial charge in [0.15, 0.2) is 0 Å². The number of hydrogen-bond acceptors (Lipinski definition) is 5. The highest BCUT2D eigenvalue weighted by Gasteiger charge is 2.11. The third-order valence-corrected chi connectivity index (χ3v) is 2.88. The highest BCUT2D eigenvalue weighted by atomic mass is 16.5. The number of anilines is 1. The van der Waals surface area contributed by atoms with Crippen LogP contribution >= 0.6 is 0 Å². The zero-order chi connectivity index (χ0) is 14.4. The Balaban J connectivity index is 2.21. The van der Waals surface area contributed by atoms with E-state index in [2.05, 4.69) is 33.7 Å². The van der Waals surface area contributed by atoms with Gasteiger partial charge in [-0.1, -0.05) is 13.8 Å². The Morgan fingerprint density at radius 3 is 2.85 bits per heavy atom. The van der Waals surface area contributed by atoms with Crippen molar-refractivity contribution in [2.24, 2.45) is 5.92 Å². The van der Waals surface area contributed by atoms with Crippen LogP contribution in [0.15, 0.2) is 31.1 Å². The summed E-state index contributed by atoms with van der Waals surface area (Å²) in [5, 5.41) is 0. The van der Waals surface area contributed by atoms with Gasteiger partial charge < -0.3 is 9.64 Å². The van der Waals surface area contributed by atoms with Crippen molar-refractivity contribution in [1.82, 2.24) is 19.5 Å². The second-order valence-corrected chi connectivity index (χ2v) is 5.04. The maximum Gasteiger partial charge on any atom is 0.143 e. The van der Waals surface area contributed by atoms with E-state index in [0.29, 0.717) is 12.5 Å². The minimum atomic E-state index is 0.554. The van der Waals surface area contributed by atoms with Crippen LogP contribution in [-0.4, -0.2) is 46.3 Å². The van der Waals surface area contributed by atoms with Crippen LogP contribution in [0.5, 0.6) is 0 Å². The Bertz CT molecular complexity index is 512. The molecule has 0 radical (unpaired) electrons. The van der Waals surface area contributed by atoms with Gasteiger partial charge in [-0.25, -0.2) is 15.0 Å². The lowest BCUT2D eigenvalue weighted by Crippen LogP contribution is -2.31. The molecule has 0 spiro atoms. The van der Waals surface area contributed by atoms with Crippen LogP contribution in [-0.2, 0) is 4.74 Å². The van der Waals surface area contributed by atoms with Gasteiger partial charge in [-0.3, -0.25) is 4.57 Å². The molecule has 0 fully saturated rings. The predicted molar refractivity (Wildman–Crippen MR) is 78.1 cm³/mol. The van der Waals surface area contributed by atoms with Crippen molar-refractivity contribution in [3.63, 3.8) is 0 Å². The molecule has 2 rings (SSSR count). The van der Waals surface area contributed by atoms with Gasteiger partial charge >= 0.3 is 0 Å². The van der Waals surface area contributed by atoms with Crippen molar-refractivity contribution in [3.05, 3.63) is 31.1 Å². The summed E-state index contributed by atoms with van der Waals surface area (Å²) in [5.74, 6) is 2.28. The number of methoxy groups -OCH3 is 1. The molecule has 0 atom stereocenters. The van der Waals surface area contributed by atoms with Crippen molar-refractivity contribution >= 4 is 5.82 Å². The molecule has 0 bridgehead atoms. The Hall–Kier alpha value is -1.95. The quantitative estimate of drug-likeness (QED) is 0.771. The van der Waals surface area contributed by atoms with Crippen molar-refractivity contribution in [2.45, 2.75) is 13.8 Å². The maximum atomic E-state index is 5.18. The number of rotatable bonds is 7. The SMILES string of the molecule is COCCN(CC(C)C)c1cc(-n2ccnc2)ncn1. The Kier molecular flexibility index (Phi) is 5.06. The Morgan fingerprint density at radius 1 is 1.35 bits per heavy atom. The van der Waals surface area contributed by atoms with E-state index in [1.54, 1.807) is 26.0 Å². The van der Waals surface area contributed by atoms with E-state index in [1.807, 2.05) is 16.8 Å². The van der Waals surface area contributed by atoms with Crippen LogP contribution < -0.4 is 4.90 Å². The molecule has 0 aliphatic rings. The van der Waals surface area contributed by atoms with E-state index < -0.39 is 0 Å². The number of nitrogens with zero attached hydrogens (tertiary/aromatic N) is 5. The Labute approximate surface area is 119 Å². The third kappa shape index (κ3) is 3.77. The second-order valence-electron chi connectivity index (χ2n) is 5.04. The van der Waals surface area contributed by atoms with E-state index in [9.17, 15) is 0 Å². The summed E-state index contributed by atoms with van der Waals surface area (Å²) in [6.45, 7) is 6.81. The molecule has 6 heteroatoms. The first-order valence-electron chi connectivity index (χ1n) is 6.75. The predicted octanol–water partition coefficient (Wildman–Crippen LogP) is 1.77. The lowest BCUT2D eigenvalue weighted by Gasteiger charge is -2.25. The summed E-state index contributed by atoms with van der Waals surface area (Å²) in [5.41, 5.74) is 0. The molecule has 20 heavy (non-hydrogen) atoms. The molecule has 0 unspecified atom stereocenters. The minimum absolute atomic E-state index is 0.554. The molecule has 0 saturated carbocycles. The lowest BCUT2D eigenvalue weighted by molar-refractivity contribution is 0.204. The normalized spacial score (nSPS) is 11.0. The average molecular weight is 275 g/mol. The van der Waals surface area contributed by atoms with E-state index in [1.165, 1.54) is 0 Å². The van der Waals surface area contributed by atoms with Gasteiger partial charge in [0, 0.05) is 38.7 Å². The summed E-state index contributed by atoms with van der Waals surface area (Å²) >= 11 is 0. The van der Waals surface area contributed by atoms with Crippen LogP contribution in [0.25, 0.3) is 5.82 Å². The van der Waals surface area contributed by atoms with Crippen molar-refractivity contribution < 1.29 is 4.74 Å². The van der Waals surface area contributed by atoms with Crippen LogP contribution in [0.3, 0.4) is 0 Å². The number of imidazole rings is 1. The van der Waals surface area contributed by atoms with E-state index in [-0.39, 0.29) is 0 Å². The van der Waals surface area contributed by atoms with Gasteiger partial charge in [-0.05, 0) is 5.92 Å². The molecule has 2 aromatic rings. The fourth-order valence-electron chi connectivity index (χ4n) is 1.99. The van der Waals surface area contributed by atoms with Crippen LogP contribution in [0.2, 0.25) is 0 Å². The molecular weight excluding hydrogens is 254 g/mol. The summed E-state index contributed by atoms with van der Waals surface area (Å²) in [6, 6.07) is 1.97. The summed E-state index contributed by atoms with van der Waals surface area (Å²) < 4.78 is 7.05. The molecule has 6 nitrogen and oxygen atoms in total. The summed E-state index contributed by atoms with van der Waals surface area (Å²) in [7, 11) is 1.71. The first kappa shape index (κ1) is 14.5. The summed E-state index contributed by atoms with van der Waals surface area (Å²) in [6.07, 6.45) is 6.92. The number of aromatic nitrogens is 4. The van der Waals surface area contributed by atoms with Gasteiger partial charge in [0.05, 0.1) is 6.61 Å². The Morgan fingerprint density at radius 2 is 2.20 bits per heavy atom. The molecule has 0 N–H and O–H groups in total. The molecule has 2 aromatic heterocycles. The van der Waals surface area contributed by atoms with Crippen molar-refractivity contribution in [1.29, 1.82) is 0 Å². The molecule has 0 aromatic carbocycles. The van der Waals surface area contributed by atoms with Crippen molar-refractivity contribution in [3.8, 4) is 5.82 Å². The van der Waals surface area contributed by atoms with Gasteiger partial charge in [-0.2, -0.15) is 0 Å². The molecule has 2 heterocycles. The zero-order valence-corrected chi connectivity index (χ0v) is 12.2. The lowest BCUT2D eigenvalue weighted by atomic mass is 10.2. The number of ether oxygens (including phenoxy) is 1. The van der Waals surface area contributed by atoms with E-state index >= 15 is 0 Å². The van der Waals surface area contributed by atoms with Gasteiger partial charge in [0.1, 0.15) is 24.3 Å². The molecule has 0 amide bonds. The monoisotopic (exact) mass is 275 g/mol. The van der Waals surface area contributed by atoms with Crippen LogP contribution in [0, 0.1) is 5.92 Å². The van der Waals surface area contributed by atoms with E-state index in [0.717, 1.165) is 24.7 Å². The topological polar surface area (TPSA) is 56.1 Å². The van der Waals surface area contributed by atoms with Gasteiger partial charge in [0.2, 0.25) is 0 Å². The highest BCUT2D eigenvalue weighted by molar-refractivity contribution is 5.43. The average Bonchev–Trinajstić information content (AvgIpc) is 2.97. The largest absolute Gasteiger partial charge is 0.383 e. The highest BCUT2D eigenvalue weighted by Crippen LogP contribution is 2.15. The second kappa shape index (κ2) is 7.00. The van der Waals surface area contributed by atoms with Crippen molar-refractivity contribution in [2.75, 3.05) is 31.7 Å². The summed E-state index contributed by atoms with van der Waals surface area (Å²) in [4.78, 5) is 14.9. The molecule has 0 aliphatic carbocycles. The third-order valence-electron chi connectivity index (χ3n) is 2.88. The molecule has 108 valence electrons.